The highest BCUT2D eigenvalue weighted by atomic mass is 16.4. The summed E-state index contributed by atoms with van der Waals surface area (Å²) in [7, 11) is 1.55. The van der Waals surface area contributed by atoms with E-state index in [1.54, 1.807) is 25.2 Å². The Hall–Kier alpha value is -2.30. The molecule has 2 aromatic rings. The topological polar surface area (TPSA) is 75.3 Å². The maximum Gasteiger partial charge on any atom is 0.354 e. The molecule has 0 atom stereocenters. The fourth-order valence-corrected chi connectivity index (χ4v) is 1.49. The minimum atomic E-state index is -1.04. The molecular weight excluding hydrogens is 208 g/mol. The standard InChI is InChI=1S/C11H10N2O3/c1-13-9(11(15)16)6-8(12-13)7-4-2-3-5-10(7)14/h2-6,14H,1H3,(H,15,16). The fourth-order valence-electron chi connectivity index (χ4n) is 1.49. The van der Waals surface area contributed by atoms with Gasteiger partial charge in [-0.2, -0.15) is 5.10 Å². The molecule has 0 saturated heterocycles. The number of benzene rings is 1. The van der Waals surface area contributed by atoms with Gasteiger partial charge >= 0.3 is 5.97 Å². The summed E-state index contributed by atoms with van der Waals surface area (Å²) < 4.78 is 1.27. The molecule has 82 valence electrons. The van der Waals surface area contributed by atoms with Gasteiger partial charge in [0, 0.05) is 12.6 Å². The number of aromatic nitrogens is 2. The number of para-hydroxylation sites is 1. The number of rotatable bonds is 2. The molecular formula is C11H10N2O3. The maximum absolute atomic E-state index is 10.8. The number of hydrogen-bond acceptors (Lipinski definition) is 3. The lowest BCUT2D eigenvalue weighted by molar-refractivity contribution is 0.0685. The minimum Gasteiger partial charge on any atom is -0.507 e. The lowest BCUT2D eigenvalue weighted by Crippen LogP contribution is -2.04. The SMILES string of the molecule is Cn1nc(-c2ccccc2O)cc1C(=O)O. The zero-order chi connectivity index (χ0) is 11.7. The van der Waals surface area contributed by atoms with E-state index >= 15 is 0 Å². The van der Waals surface area contributed by atoms with Gasteiger partial charge in [-0.05, 0) is 18.2 Å². The molecule has 0 fully saturated rings. The van der Waals surface area contributed by atoms with Crippen molar-refractivity contribution >= 4 is 5.97 Å². The first-order chi connectivity index (χ1) is 7.59. The molecule has 2 rings (SSSR count). The highest BCUT2D eigenvalue weighted by Gasteiger charge is 2.14. The first-order valence-electron chi connectivity index (χ1n) is 4.65. The van der Waals surface area contributed by atoms with E-state index in [2.05, 4.69) is 5.10 Å². The van der Waals surface area contributed by atoms with Gasteiger partial charge in [-0.3, -0.25) is 4.68 Å². The van der Waals surface area contributed by atoms with Gasteiger partial charge in [-0.25, -0.2) is 4.79 Å². The van der Waals surface area contributed by atoms with Crippen LogP contribution < -0.4 is 0 Å². The second kappa shape index (κ2) is 3.69. The lowest BCUT2D eigenvalue weighted by Gasteiger charge is -1.98. The summed E-state index contributed by atoms with van der Waals surface area (Å²) in [6.07, 6.45) is 0. The van der Waals surface area contributed by atoms with Crippen molar-refractivity contribution in [3.63, 3.8) is 0 Å². The van der Waals surface area contributed by atoms with Gasteiger partial charge in [0.15, 0.2) is 0 Å². The van der Waals surface area contributed by atoms with Gasteiger partial charge in [0.05, 0.1) is 5.69 Å². The number of phenolic OH excluding ortho intramolecular Hbond substituents is 1. The zero-order valence-corrected chi connectivity index (χ0v) is 8.58. The summed E-state index contributed by atoms with van der Waals surface area (Å²) in [4.78, 5) is 10.8. The van der Waals surface area contributed by atoms with Crippen molar-refractivity contribution in [3.05, 3.63) is 36.0 Å². The maximum atomic E-state index is 10.8. The van der Waals surface area contributed by atoms with Crippen molar-refractivity contribution < 1.29 is 15.0 Å². The van der Waals surface area contributed by atoms with Crippen LogP contribution in [0.2, 0.25) is 0 Å². The van der Waals surface area contributed by atoms with E-state index in [4.69, 9.17) is 5.11 Å². The molecule has 16 heavy (non-hydrogen) atoms. The molecule has 1 aromatic carbocycles. The van der Waals surface area contributed by atoms with Crippen molar-refractivity contribution in [2.75, 3.05) is 0 Å². The number of aryl methyl sites for hydroxylation is 1. The number of phenols is 1. The first kappa shape index (κ1) is 10.2. The molecule has 1 aromatic heterocycles. The highest BCUT2D eigenvalue weighted by Crippen LogP contribution is 2.27. The average molecular weight is 218 g/mol. The van der Waals surface area contributed by atoms with Crippen LogP contribution in [0.15, 0.2) is 30.3 Å². The molecule has 0 bridgehead atoms. The Bertz CT molecular complexity index is 546. The zero-order valence-electron chi connectivity index (χ0n) is 8.58. The van der Waals surface area contributed by atoms with E-state index in [-0.39, 0.29) is 11.4 Å². The molecule has 0 amide bonds. The summed E-state index contributed by atoms with van der Waals surface area (Å²) >= 11 is 0. The summed E-state index contributed by atoms with van der Waals surface area (Å²) in [5.41, 5.74) is 1.04. The molecule has 0 radical (unpaired) electrons. The Labute approximate surface area is 91.6 Å². The van der Waals surface area contributed by atoms with Crippen molar-refractivity contribution in [1.82, 2.24) is 9.78 Å². The van der Waals surface area contributed by atoms with E-state index in [1.807, 2.05) is 0 Å². The number of nitrogens with zero attached hydrogens (tertiary/aromatic N) is 2. The second-order valence-corrected chi connectivity index (χ2v) is 3.36. The minimum absolute atomic E-state index is 0.0811. The van der Waals surface area contributed by atoms with Gasteiger partial charge in [0.1, 0.15) is 11.4 Å². The van der Waals surface area contributed by atoms with E-state index in [9.17, 15) is 9.90 Å². The Balaban J connectivity index is 2.54. The molecule has 1 heterocycles. The van der Waals surface area contributed by atoms with Crippen LogP contribution in [0.1, 0.15) is 10.5 Å². The van der Waals surface area contributed by atoms with Crippen LogP contribution in [0, 0.1) is 0 Å². The number of carbonyl (C=O) groups is 1. The third-order valence-electron chi connectivity index (χ3n) is 2.28. The van der Waals surface area contributed by atoms with Crippen LogP contribution in [0.4, 0.5) is 0 Å². The predicted molar refractivity (Wildman–Crippen MR) is 57.3 cm³/mol. The number of hydrogen-bond donors (Lipinski definition) is 2. The van der Waals surface area contributed by atoms with Crippen LogP contribution in [0.25, 0.3) is 11.3 Å². The quantitative estimate of drug-likeness (QED) is 0.800. The van der Waals surface area contributed by atoms with Crippen molar-refractivity contribution in [2.45, 2.75) is 0 Å². The molecule has 5 heteroatoms. The molecule has 0 aliphatic carbocycles. The third kappa shape index (κ3) is 1.63. The normalized spacial score (nSPS) is 10.3. The number of aromatic hydroxyl groups is 1. The highest BCUT2D eigenvalue weighted by molar-refractivity contribution is 5.87. The largest absolute Gasteiger partial charge is 0.507 e. The smallest absolute Gasteiger partial charge is 0.354 e. The molecule has 5 nitrogen and oxygen atoms in total. The van der Waals surface area contributed by atoms with Crippen LogP contribution >= 0.6 is 0 Å². The molecule has 0 aliphatic heterocycles. The van der Waals surface area contributed by atoms with Crippen LogP contribution in [-0.2, 0) is 7.05 Å². The number of aromatic carboxylic acids is 1. The third-order valence-corrected chi connectivity index (χ3v) is 2.28. The Morgan fingerprint density at radius 1 is 1.38 bits per heavy atom. The Morgan fingerprint density at radius 3 is 2.62 bits per heavy atom. The van der Waals surface area contributed by atoms with E-state index < -0.39 is 5.97 Å². The van der Waals surface area contributed by atoms with Gasteiger partial charge < -0.3 is 10.2 Å². The van der Waals surface area contributed by atoms with E-state index in [0.29, 0.717) is 11.3 Å². The summed E-state index contributed by atoms with van der Waals surface area (Å²) in [5.74, 6) is -0.964. The summed E-state index contributed by atoms with van der Waals surface area (Å²) in [6.45, 7) is 0. The molecule has 0 aliphatic rings. The van der Waals surface area contributed by atoms with Crippen LogP contribution in [0.5, 0.6) is 5.75 Å². The molecule has 0 spiro atoms. The van der Waals surface area contributed by atoms with Gasteiger partial charge in [-0.15, -0.1) is 0 Å². The Kier molecular flexibility index (Phi) is 2.36. The van der Waals surface area contributed by atoms with Crippen LogP contribution in [0.3, 0.4) is 0 Å². The number of carboxylic acid groups (broad SMARTS) is 1. The van der Waals surface area contributed by atoms with Crippen molar-refractivity contribution in [3.8, 4) is 17.0 Å². The molecule has 0 unspecified atom stereocenters. The van der Waals surface area contributed by atoms with Crippen molar-refractivity contribution in [2.24, 2.45) is 7.05 Å². The van der Waals surface area contributed by atoms with Gasteiger partial charge in [0.25, 0.3) is 0 Å². The molecule has 0 saturated carbocycles. The van der Waals surface area contributed by atoms with Gasteiger partial charge in [0.2, 0.25) is 0 Å². The van der Waals surface area contributed by atoms with Crippen molar-refractivity contribution in [1.29, 1.82) is 0 Å². The molecule has 2 N–H and O–H groups in total. The Morgan fingerprint density at radius 2 is 2.06 bits per heavy atom. The van der Waals surface area contributed by atoms with E-state index in [1.165, 1.54) is 16.8 Å². The second-order valence-electron chi connectivity index (χ2n) is 3.36. The van der Waals surface area contributed by atoms with E-state index in [0.717, 1.165) is 0 Å². The average Bonchev–Trinajstić information content (AvgIpc) is 2.61. The summed E-state index contributed by atoms with van der Waals surface area (Å²) in [6, 6.07) is 8.09. The first-order valence-corrected chi connectivity index (χ1v) is 4.65. The lowest BCUT2D eigenvalue weighted by atomic mass is 10.1. The van der Waals surface area contributed by atoms with Crippen LogP contribution in [-0.4, -0.2) is 26.0 Å². The summed E-state index contributed by atoms with van der Waals surface area (Å²) in [5, 5.41) is 22.5. The fraction of sp³-hybridized carbons (Fsp3) is 0.0909. The van der Waals surface area contributed by atoms with Gasteiger partial charge in [-0.1, -0.05) is 12.1 Å². The predicted octanol–water partition coefficient (Wildman–Crippen LogP) is 1.49. The number of carboxylic acids is 1. The monoisotopic (exact) mass is 218 g/mol.